The summed E-state index contributed by atoms with van der Waals surface area (Å²) >= 11 is 11.8. The third kappa shape index (κ3) is 4.37. The molecule has 1 atom stereocenters. The molecule has 6 nitrogen and oxygen atoms in total. The first-order valence-electron chi connectivity index (χ1n) is 6.95. The molecular formula is C16H14Cl2N2O4. The molecule has 0 saturated heterocycles. The minimum Gasteiger partial charge on any atom is -0.479 e. The van der Waals surface area contributed by atoms with Gasteiger partial charge in [0.1, 0.15) is 5.75 Å². The maximum Gasteiger partial charge on any atom is 0.272 e. The van der Waals surface area contributed by atoms with Gasteiger partial charge in [0.05, 0.1) is 9.95 Å². The highest BCUT2D eigenvalue weighted by molar-refractivity contribution is 6.35. The Labute approximate surface area is 148 Å². The van der Waals surface area contributed by atoms with Crippen molar-refractivity contribution in [3.05, 3.63) is 62.1 Å². The van der Waals surface area contributed by atoms with Gasteiger partial charge in [0, 0.05) is 22.3 Å². The van der Waals surface area contributed by atoms with E-state index in [4.69, 9.17) is 27.9 Å². The summed E-state index contributed by atoms with van der Waals surface area (Å²) in [6.45, 7) is 3.17. The van der Waals surface area contributed by atoms with Crippen LogP contribution in [0.4, 0.5) is 11.4 Å². The van der Waals surface area contributed by atoms with Crippen molar-refractivity contribution in [1.29, 1.82) is 0 Å². The van der Waals surface area contributed by atoms with Gasteiger partial charge in [0.15, 0.2) is 6.10 Å². The van der Waals surface area contributed by atoms with Gasteiger partial charge in [0.2, 0.25) is 0 Å². The van der Waals surface area contributed by atoms with E-state index < -0.39 is 16.9 Å². The number of carbonyl (C=O) groups is 1. The summed E-state index contributed by atoms with van der Waals surface area (Å²) in [5, 5.41) is 14.2. The third-order valence-electron chi connectivity index (χ3n) is 3.23. The largest absolute Gasteiger partial charge is 0.479 e. The lowest BCUT2D eigenvalue weighted by molar-refractivity contribution is -0.385. The highest BCUT2D eigenvalue weighted by Gasteiger charge is 2.18. The first-order chi connectivity index (χ1) is 11.3. The zero-order chi connectivity index (χ0) is 17.9. The lowest BCUT2D eigenvalue weighted by Gasteiger charge is -2.16. The number of halogens is 2. The number of carbonyl (C=O) groups excluding carboxylic acids is 1. The average Bonchev–Trinajstić information content (AvgIpc) is 2.49. The predicted octanol–water partition coefficient (Wildman–Crippen LogP) is 4.62. The van der Waals surface area contributed by atoms with E-state index in [0.29, 0.717) is 27.0 Å². The summed E-state index contributed by atoms with van der Waals surface area (Å²) in [5.41, 5.74) is 0.887. The molecule has 0 aliphatic heterocycles. The molecule has 0 aliphatic carbocycles. The summed E-state index contributed by atoms with van der Waals surface area (Å²) in [7, 11) is 0. The molecule has 126 valence electrons. The zero-order valence-electron chi connectivity index (χ0n) is 12.9. The molecule has 0 bridgehead atoms. The van der Waals surface area contributed by atoms with E-state index in [2.05, 4.69) is 5.32 Å². The van der Waals surface area contributed by atoms with E-state index >= 15 is 0 Å². The molecule has 0 spiro atoms. The number of amides is 1. The molecule has 1 amide bonds. The molecule has 0 radical (unpaired) electrons. The number of aryl methyl sites for hydroxylation is 1. The van der Waals surface area contributed by atoms with E-state index in [9.17, 15) is 14.9 Å². The van der Waals surface area contributed by atoms with Crippen molar-refractivity contribution in [2.75, 3.05) is 5.32 Å². The highest BCUT2D eigenvalue weighted by atomic mass is 35.5. The summed E-state index contributed by atoms with van der Waals surface area (Å²) < 4.78 is 5.52. The first kappa shape index (κ1) is 18.0. The Balaban J connectivity index is 2.06. The molecular weight excluding hydrogens is 355 g/mol. The maximum absolute atomic E-state index is 12.2. The van der Waals surface area contributed by atoms with E-state index in [0.717, 1.165) is 0 Å². The summed E-state index contributed by atoms with van der Waals surface area (Å²) in [6, 6.07) is 9.02. The van der Waals surface area contributed by atoms with Crippen LogP contribution in [0.1, 0.15) is 12.5 Å². The van der Waals surface area contributed by atoms with Crippen molar-refractivity contribution in [2.24, 2.45) is 0 Å². The molecule has 2 aromatic carbocycles. The van der Waals surface area contributed by atoms with Crippen LogP contribution in [0, 0.1) is 17.0 Å². The van der Waals surface area contributed by atoms with Crippen molar-refractivity contribution < 1.29 is 14.5 Å². The van der Waals surface area contributed by atoms with Gasteiger partial charge in [-0.3, -0.25) is 14.9 Å². The van der Waals surface area contributed by atoms with Crippen LogP contribution in [0.3, 0.4) is 0 Å². The second kappa shape index (κ2) is 7.51. The van der Waals surface area contributed by atoms with Crippen molar-refractivity contribution in [3.63, 3.8) is 0 Å². The predicted molar refractivity (Wildman–Crippen MR) is 93.0 cm³/mol. The van der Waals surface area contributed by atoms with Crippen LogP contribution in [-0.2, 0) is 4.79 Å². The normalized spacial score (nSPS) is 11.7. The molecule has 0 aliphatic rings. The van der Waals surface area contributed by atoms with Crippen LogP contribution in [0.5, 0.6) is 5.75 Å². The van der Waals surface area contributed by atoms with E-state index in [1.54, 1.807) is 26.0 Å². The van der Waals surface area contributed by atoms with Gasteiger partial charge in [-0.2, -0.15) is 0 Å². The Morgan fingerprint density at radius 3 is 2.54 bits per heavy atom. The molecule has 0 saturated carbocycles. The van der Waals surface area contributed by atoms with Gasteiger partial charge in [-0.1, -0.05) is 23.2 Å². The van der Waals surface area contributed by atoms with Gasteiger partial charge in [-0.05, 0) is 44.2 Å². The van der Waals surface area contributed by atoms with Crippen LogP contribution in [0.25, 0.3) is 0 Å². The molecule has 0 fully saturated rings. The SMILES string of the molecule is Cc1cc(NC(=O)C(C)Oc2ccc(Cl)cc2Cl)ccc1[N+](=O)[O-]. The minimum absolute atomic E-state index is 0.00903. The number of hydrogen-bond donors (Lipinski definition) is 1. The number of anilines is 1. The van der Waals surface area contributed by atoms with Gasteiger partial charge >= 0.3 is 0 Å². The van der Waals surface area contributed by atoms with Gasteiger partial charge in [-0.25, -0.2) is 0 Å². The van der Waals surface area contributed by atoms with E-state index in [1.807, 2.05) is 0 Å². The zero-order valence-corrected chi connectivity index (χ0v) is 14.4. The summed E-state index contributed by atoms with van der Waals surface area (Å²) in [5.74, 6) is -0.0714. The van der Waals surface area contributed by atoms with Crippen LogP contribution in [0.2, 0.25) is 10.0 Å². The molecule has 0 heterocycles. The fourth-order valence-electron chi connectivity index (χ4n) is 2.00. The van der Waals surface area contributed by atoms with E-state index in [1.165, 1.54) is 24.3 Å². The molecule has 1 N–H and O–H groups in total. The second-order valence-corrected chi connectivity index (χ2v) is 5.93. The Morgan fingerprint density at radius 2 is 1.96 bits per heavy atom. The monoisotopic (exact) mass is 368 g/mol. The average molecular weight is 369 g/mol. The van der Waals surface area contributed by atoms with Crippen molar-refractivity contribution in [3.8, 4) is 5.75 Å². The van der Waals surface area contributed by atoms with Crippen molar-refractivity contribution in [1.82, 2.24) is 0 Å². The number of nitro groups is 1. The lowest BCUT2D eigenvalue weighted by atomic mass is 10.2. The second-order valence-electron chi connectivity index (χ2n) is 5.08. The van der Waals surface area contributed by atoms with Crippen molar-refractivity contribution >= 4 is 40.5 Å². The summed E-state index contributed by atoms with van der Waals surface area (Å²) in [4.78, 5) is 22.5. The number of benzene rings is 2. The highest BCUT2D eigenvalue weighted by Crippen LogP contribution is 2.28. The number of nitrogens with zero attached hydrogens (tertiary/aromatic N) is 1. The van der Waals surface area contributed by atoms with Gasteiger partial charge in [0.25, 0.3) is 11.6 Å². The van der Waals surface area contributed by atoms with E-state index in [-0.39, 0.29) is 5.69 Å². The molecule has 2 aromatic rings. The fourth-order valence-corrected chi connectivity index (χ4v) is 2.45. The smallest absolute Gasteiger partial charge is 0.272 e. The van der Waals surface area contributed by atoms with Crippen LogP contribution in [0.15, 0.2) is 36.4 Å². The van der Waals surface area contributed by atoms with Gasteiger partial charge < -0.3 is 10.1 Å². The molecule has 8 heteroatoms. The van der Waals surface area contributed by atoms with Crippen LogP contribution >= 0.6 is 23.2 Å². The topological polar surface area (TPSA) is 81.5 Å². The van der Waals surface area contributed by atoms with Crippen LogP contribution in [-0.4, -0.2) is 16.9 Å². The van der Waals surface area contributed by atoms with Crippen LogP contribution < -0.4 is 10.1 Å². The third-order valence-corrected chi connectivity index (χ3v) is 3.76. The maximum atomic E-state index is 12.2. The number of rotatable bonds is 5. The Bertz CT molecular complexity index is 796. The number of ether oxygens (including phenoxy) is 1. The number of hydrogen-bond acceptors (Lipinski definition) is 4. The molecule has 1 unspecified atom stereocenters. The minimum atomic E-state index is -0.820. The number of nitro benzene ring substituents is 1. The lowest BCUT2D eigenvalue weighted by Crippen LogP contribution is -2.30. The molecule has 0 aromatic heterocycles. The Morgan fingerprint density at radius 1 is 1.25 bits per heavy atom. The quantitative estimate of drug-likeness (QED) is 0.616. The Hall–Kier alpha value is -2.31. The number of nitrogens with one attached hydrogen (secondary N) is 1. The fraction of sp³-hybridized carbons (Fsp3) is 0.188. The Kier molecular flexibility index (Phi) is 5.64. The standard InChI is InChI=1S/C16H14Cl2N2O4/c1-9-7-12(4-5-14(9)20(22)23)19-16(21)10(2)24-15-6-3-11(17)8-13(15)18/h3-8,10H,1-2H3,(H,19,21). The van der Waals surface area contributed by atoms with Gasteiger partial charge in [-0.15, -0.1) is 0 Å². The molecule has 24 heavy (non-hydrogen) atoms. The summed E-state index contributed by atoms with van der Waals surface area (Å²) in [6.07, 6.45) is -0.820. The first-order valence-corrected chi connectivity index (χ1v) is 7.71. The molecule has 2 rings (SSSR count). The van der Waals surface area contributed by atoms with Crippen molar-refractivity contribution in [2.45, 2.75) is 20.0 Å².